The van der Waals surface area contributed by atoms with Gasteiger partial charge in [-0.1, -0.05) is 11.6 Å². The highest BCUT2D eigenvalue weighted by molar-refractivity contribution is 6.30. The minimum atomic E-state index is -0.502. The normalized spacial score (nSPS) is 12.6. The van der Waals surface area contributed by atoms with Crippen LogP contribution in [-0.4, -0.2) is 30.0 Å². The van der Waals surface area contributed by atoms with Gasteiger partial charge in [0.25, 0.3) is 11.8 Å². The van der Waals surface area contributed by atoms with Gasteiger partial charge in [-0.05, 0) is 24.3 Å². The summed E-state index contributed by atoms with van der Waals surface area (Å²) in [5.74, 6) is 0.120. The number of carbonyl (C=O) groups excluding carboxylic acids is 2. The van der Waals surface area contributed by atoms with Crippen molar-refractivity contribution in [1.82, 2.24) is 15.8 Å². The fourth-order valence-corrected chi connectivity index (χ4v) is 2.10. The Labute approximate surface area is 130 Å². The minimum absolute atomic E-state index is 0.243. The predicted molar refractivity (Wildman–Crippen MR) is 78.2 cm³/mol. The number of hydrogen-bond donors (Lipinski definition) is 3. The van der Waals surface area contributed by atoms with Crippen LogP contribution in [-0.2, 0) is 0 Å². The topological polar surface area (TPSA) is 92.5 Å². The Morgan fingerprint density at radius 3 is 2.50 bits per heavy atom. The second-order valence-electron chi connectivity index (χ2n) is 4.50. The summed E-state index contributed by atoms with van der Waals surface area (Å²) in [5, 5.41) is 0.406. The number of rotatable bonds is 2. The molecule has 0 atom stereocenters. The number of aromatic amines is 1. The molecule has 1 aliphatic rings. The molecule has 0 aliphatic carbocycles. The molecule has 0 radical (unpaired) electrons. The van der Waals surface area contributed by atoms with E-state index in [1.807, 2.05) is 0 Å². The third kappa shape index (κ3) is 2.99. The van der Waals surface area contributed by atoms with Crippen molar-refractivity contribution in [3.05, 3.63) is 46.7 Å². The molecular formula is C14H12ClN3O4. The molecule has 1 aromatic heterocycles. The second-order valence-corrected chi connectivity index (χ2v) is 4.93. The van der Waals surface area contributed by atoms with Gasteiger partial charge in [-0.2, -0.15) is 0 Å². The van der Waals surface area contributed by atoms with Gasteiger partial charge in [0.15, 0.2) is 11.5 Å². The van der Waals surface area contributed by atoms with Crippen molar-refractivity contribution in [3.63, 3.8) is 0 Å². The Bertz CT molecular complexity index is 729. The fraction of sp³-hybridized carbons (Fsp3) is 0.143. The number of amides is 2. The number of nitrogens with one attached hydrogen (secondary N) is 3. The van der Waals surface area contributed by atoms with Crippen LogP contribution in [0.2, 0.25) is 5.02 Å². The third-order valence-electron chi connectivity index (χ3n) is 2.99. The molecule has 8 heteroatoms. The van der Waals surface area contributed by atoms with Crippen LogP contribution in [0.5, 0.6) is 11.5 Å². The maximum absolute atomic E-state index is 12.0. The summed E-state index contributed by atoms with van der Waals surface area (Å²) in [6, 6.07) is 6.24. The van der Waals surface area contributed by atoms with E-state index >= 15 is 0 Å². The highest BCUT2D eigenvalue weighted by Gasteiger charge is 2.16. The molecule has 1 aliphatic heterocycles. The van der Waals surface area contributed by atoms with E-state index in [9.17, 15) is 9.59 Å². The molecule has 2 aromatic rings. The number of hydrogen-bond acceptors (Lipinski definition) is 4. The van der Waals surface area contributed by atoms with Gasteiger partial charge in [0.1, 0.15) is 18.9 Å². The monoisotopic (exact) mass is 321 g/mol. The minimum Gasteiger partial charge on any atom is -0.486 e. The highest BCUT2D eigenvalue weighted by Crippen LogP contribution is 2.30. The van der Waals surface area contributed by atoms with Crippen molar-refractivity contribution >= 4 is 23.4 Å². The van der Waals surface area contributed by atoms with Crippen LogP contribution in [0.1, 0.15) is 20.8 Å². The molecule has 0 saturated carbocycles. The first-order valence-electron chi connectivity index (χ1n) is 6.48. The summed E-state index contributed by atoms with van der Waals surface area (Å²) >= 11 is 5.71. The summed E-state index contributed by atoms with van der Waals surface area (Å²) in [6.07, 6.45) is 1.47. The van der Waals surface area contributed by atoms with Crippen molar-refractivity contribution in [3.8, 4) is 11.5 Å². The predicted octanol–water partition coefficient (Wildman–Crippen LogP) is 1.51. The summed E-state index contributed by atoms with van der Waals surface area (Å²) < 4.78 is 10.8. The lowest BCUT2D eigenvalue weighted by Crippen LogP contribution is -2.41. The van der Waals surface area contributed by atoms with Crippen LogP contribution < -0.4 is 20.3 Å². The van der Waals surface area contributed by atoms with E-state index in [0.29, 0.717) is 35.3 Å². The lowest BCUT2D eigenvalue weighted by atomic mass is 10.2. The van der Waals surface area contributed by atoms with Gasteiger partial charge in [0, 0.05) is 11.8 Å². The zero-order valence-corrected chi connectivity index (χ0v) is 12.1. The van der Waals surface area contributed by atoms with Gasteiger partial charge in [0.05, 0.1) is 5.02 Å². The largest absolute Gasteiger partial charge is 0.486 e. The Kier molecular flexibility index (Phi) is 3.88. The first-order chi connectivity index (χ1) is 10.6. The number of hydrazine groups is 1. The molecule has 7 nitrogen and oxygen atoms in total. The number of H-pyrrole nitrogens is 1. The van der Waals surface area contributed by atoms with Gasteiger partial charge in [-0.3, -0.25) is 20.4 Å². The number of carbonyl (C=O) groups is 2. The average Bonchev–Trinajstić information content (AvgIpc) is 2.98. The molecule has 0 saturated heterocycles. The lowest BCUT2D eigenvalue weighted by Gasteiger charge is -2.18. The van der Waals surface area contributed by atoms with E-state index in [1.165, 1.54) is 12.3 Å². The zero-order chi connectivity index (χ0) is 15.5. The summed E-state index contributed by atoms with van der Waals surface area (Å²) in [6.45, 7) is 0.912. The van der Waals surface area contributed by atoms with Gasteiger partial charge in [-0.15, -0.1) is 0 Å². The summed E-state index contributed by atoms with van der Waals surface area (Å²) in [7, 11) is 0. The van der Waals surface area contributed by atoms with Gasteiger partial charge in [-0.25, -0.2) is 0 Å². The van der Waals surface area contributed by atoms with Crippen LogP contribution in [0.4, 0.5) is 0 Å². The molecule has 22 heavy (non-hydrogen) atoms. The number of fused-ring (bicyclic) bond motifs is 1. The van der Waals surface area contributed by atoms with Crippen molar-refractivity contribution in [2.75, 3.05) is 13.2 Å². The number of benzene rings is 1. The maximum atomic E-state index is 12.0. The first-order valence-corrected chi connectivity index (χ1v) is 6.85. The van der Waals surface area contributed by atoms with Crippen LogP contribution >= 0.6 is 11.6 Å². The Morgan fingerprint density at radius 1 is 1.05 bits per heavy atom. The van der Waals surface area contributed by atoms with Crippen LogP contribution in [0.3, 0.4) is 0 Å². The first kappa shape index (κ1) is 14.3. The number of ether oxygens (including phenoxy) is 2. The molecule has 3 rings (SSSR count). The van der Waals surface area contributed by atoms with Gasteiger partial charge >= 0.3 is 0 Å². The maximum Gasteiger partial charge on any atom is 0.286 e. The number of aromatic nitrogens is 1. The van der Waals surface area contributed by atoms with E-state index in [1.54, 1.807) is 18.2 Å². The molecule has 114 valence electrons. The molecule has 0 bridgehead atoms. The van der Waals surface area contributed by atoms with Gasteiger partial charge < -0.3 is 14.5 Å². The average molecular weight is 322 g/mol. The Morgan fingerprint density at radius 2 is 1.77 bits per heavy atom. The smallest absolute Gasteiger partial charge is 0.286 e. The Balaban J connectivity index is 1.63. The van der Waals surface area contributed by atoms with Crippen molar-refractivity contribution in [1.29, 1.82) is 0 Å². The molecule has 1 aromatic carbocycles. The van der Waals surface area contributed by atoms with Gasteiger partial charge in [0.2, 0.25) is 0 Å². The molecule has 0 unspecified atom stereocenters. The quantitative estimate of drug-likeness (QED) is 0.731. The standard InChI is InChI=1S/C14H12ClN3O4/c15-9-6-10(16-7-9)14(20)18-17-13(19)8-1-2-11-12(5-8)22-4-3-21-11/h1-2,5-7,16H,3-4H2,(H,17,19)(H,18,20). The van der Waals surface area contributed by atoms with Crippen LogP contribution in [0.15, 0.2) is 30.5 Å². The van der Waals surface area contributed by atoms with E-state index in [0.717, 1.165) is 0 Å². The molecular weight excluding hydrogens is 310 g/mol. The van der Waals surface area contributed by atoms with E-state index in [4.69, 9.17) is 21.1 Å². The Hall–Kier alpha value is -2.67. The SMILES string of the molecule is O=C(NNC(=O)c1cc(Cl)c[nH]1)c1ccc2c(c1)OCCO2. The number of halogens is 1. The summed E-state index contributed by atoms with van der Waals surface area (Å²) in [5.41, 5.74) is 5.19. The lowest BCUT2D eigenvalue weighted by molar-refractivity contribution is 0.0843. The fourth-order valence-electron chi connectivity index (χ4n) is 1.94. The van der Waals surface area contributed by atoms with Crippen molar-refractivity contribution in [2.24, 2.45) is 0 Å². The zero-order valence-electron chi connectivity index (χ0n) is 11.3. The molecule has 2 amide bonds. The van der Waals surface area contributed by atoms with Crippen molar-refractivity contribution in [2.45, 2.75) is 0 Å². The van der Waals surface area contributed by atoms with E-state index in [2.05, 4.69) is 15.8 Å². The van der Waals surface area contributed by atoms with E-state index in [-0.39, 0.29) is 5.69 Å². The summed E-state index contributed by atoms with van der Waals surface area (Å²) in [4.78, 5) is 26.5. The second kappa shape index (κ2) is 5.98. The highest BCUT2D eigenvalue weighted by atomic mass is 35.5. The van der Waals surface area contributed by atoms with Crippen LogP contribution in [0.25, 0.3) is 0 Å². The van der Waals surface area contributed by atoms with Crippen molar-refractivity contribution < 1.29 is 19.1 Å². The van der Waals surface area contributed by atoms with E-state index < -0.39 is 11.8 Å². The molecule has 0 fully saturated rings. The molecule has 0 spiro atoms. The molecule has 2 heterocycles. The van der Waals surface area contributed by atoms with Crippen LogP contribution in [0, 0.1) is 0 Å². The third-order valence-corrected chi connectivity index (χ3v) is 3.20. The molecule has 3 N–H and O–H groups in total.